The van der Waals surface area contributed by atoms with Gasteiger partial charge in [-0.15, -0.1) is 11.3 Å². The van der Waals surface area contributed by atoms with Crippen molar-refractivity contribution >= 4 is 50.2 Å². The van der Waals surface area contributed by atoms with Crippen LogP contribution < -0.4 is 10.2 Å². The highest BCUT2D eigenvalue weighted by Gasteiger charge is 2.34. The van der Waals surface area contributed by atoms with E-state index < -0.39 is 15.9 Å². The zero-order valence-electron chi connectivity index (χ0n) is 18.4. The van der Waals surface area contributed by atoms with Crippen molar-refractivity contribution in [3.8, 4) is 0 Å². The molecule has 2 aromatic rings. The van der Waals surface area contributed by atoms with Gasteiger partial charge in [0.1, 0.15) is 4.21 Å². The number of piperazine rings is 1. The fourth-order valence-corrected chi connectivity index (χ4v) is 7.35. The molecule has 2 fully saturated rings. The Hall–Kier alpha value is -1.65. The van der Waals surface area contributed by atoms with Gasteiger partial charge < -0.3 is 15.1 Å². The molecule has 1 aromatic carbocycles. The first kappa shape index (κ1) is 23.5. The van der Waals surface area contributed by atoms with Gasteiger partial charge in [0, 0.05) is 49.2 Å². The largest absolute Gasteiger partial charge is 0.367 e. The zero-order valence-corrected chi connectivity index (χ0v) is 20.8. The van der Waals surface area contributed by atoms with Crippen LogP contribution in [-0.4, -0.2) is 69.8 Å². The molecule has 0 bridgehead atoms. The first-order valence-electron chi connectivity index (χ1n) is 10.8. The monoisotopic (exact) mass is 496 g/mol. The van der Waals surface area contributed by atoms with Crippen molar-refractivity contribution in [1.82, 2.24) is 9.21 Å². The Balaban J connectivity index is 1.49. The van der Waals surface area contributed by atoms with Crippen LogP contribution in [0, 0.1) is 12.8 Å². The maximum absolute atomic E-state index is 13.2. The van der Waals surface area contributed by atoms with Gasteiger partial charge in [0.25, 0.3) is 10.0 Å². The molecule has 1 atom stereocenters. The van der Waals surface area contributed by atoms with Crippen LogP contribution in [0.5, 0.6) is 0 Å². The Bertz CT molecular complexity index is 1080. The summed E-state index contributed by atoms with van der Waals surface area (Å²) in [6.07, 6.45) is 1.31. The van der Waals surface area contributed by atoms with Crippen LogP contribution in [0.2, 0.25) is 5.02 Å². The van der Waals surface area contributed by atoms with Gasteiger partial charge in [0.15, 0.2) is 0 Å². The predicted molar refractivity (Wildman–Crippen MR) is 130 cm³/mol. The number of anilines is 2. The standard InChI is InChI=1S/C22H29ClN4O3S2/c1-16-5-8-21(31-16)32(29,30)27-9-3-4-17(15-27)22(28)24-19-14-18(23)6-7-20(19)26-12-10-25(2)11-13-26/h5-8,14,17H,3-4,9-13,15H2,1-2H3,(H,24,28). The quantitative estimate of drug-likeness (QED) is 0.685. The van der Waals surface area contributed by atoms with Crippen molar-refractivity contribution < 1.29 is 13.2 Å². The number of halogens is 1. The number of hydrogen-bond donors (Lipinski definition) is 1. The number of piperidine rings is 1. The third kappa shape index (κ3) is 5.12. The van der Waals surface area contributed by atoms with E-state index in [0.29, 0.717) is 34.3 Å². The molecular formula is C22H29ClN4O3S2. The summed E-state index contributed by atoms with van der Waals surface area (Å²) in [6.45, 7) is 6.16. The predicted octanol–water partition coefficient (Wildman–Crippen LogP) is 3.50. The molecule has 0 spiro atoms. The van der Waals surface area contributed by atoms with E-state index in [9.17, 15) is 13.2 Å². The molecule has 1 N–H and O–H groups in total. The third-order valence-electron chi connectivity index (χ3n) is 6.13. The lowest BCUT2D eigenvalue weighted by Crippen LogP contribution is -2.45. The second kappa shape index (κ2) is 9.69. The van der Waals surface area contributed by atoms with E-state index in [1.165, 1.54) is 15.6 Å². The molecule has 1 amide bonds. The number of aryl methyl sites for hydroxylation is 1. The lowest BCUT2D eigenvalue weighted by molar-refractivity contribution is -0.120. The Labute approximate surface area is 199 Å². The van der Waals surface area contributed by atoms with Crippen molar-refractivity contribution in [2.24, 2.45) is 5.92 Å². The van der Waals surface area contributed by atoms with Gasteiger partial charge in [-0.05, 0) is 57.1 Å². The molecular weight excluding hydrogens is 468 g/mol. The fourth-order valence-electron chi connectivity index (χ4n) is 4.22. The molecule has 0 saturated carbocycles. The Morgan fingerprint density at radius 1 is 1.12 bits per heavy atom. The summed E-state index contributed by atoms with van der Waals surface area (Å²) in [5.74, 6) is -0.566. The molecule has 2 aliphatic rings. The van der Waals surface area contributed by atoms with Crippen LogP contribution in [0.1, 0.15) is 17.7 Å². The SMILES string of the molecule is Cc1ccc(S(=O)(=O)N2CCCC(C(=O)Nc3cc(Cl)ccc3N3CCN(C)CC3)C2)s1. The highest BCUT2D eigenvalue weighted by atomic mass is 35.5. The molecule has 10 heteroatoms. The Morgan fingerprint density at radius 3 is 2.56 bits per heavy atom. The average Bonchev–Trinajstić information content (AvgIpc) is 3.22. The molecule has 2 saturated heterocycles. The van der Waals surface area contributed by atoms with E-state index in [-0.39, 0.29) is 12.5 Å². The van der Waals surface area contributed by atoms with Crippen LogP contribution in [0.25, 0.3) is 0 Å². The number of carbonyl (C=O) groups is 1. The number of sulfonamides is 1. The summed E-state index contributed by atoms with van der Waals surface area (Å²) in [6, 6.07) is 9.01. The maximum Gasteiger partial charge on any atom is 0.252 e. The van der Waals surface area contributed by atoms with E-state index in [0.717, 1.165) is 36.7 Å². The second-order valence-electron chi connectivity index (χ2n) is 8.51. The molecule has 32 heavy (non-hydrogen) atoms. The van der Waals surface area contributed by atoms with Gasteiger partial charge in [-0.2, -0.15) is 4.31 Å². The van der Waals surface area contributed by atoms with Crippen LogP contribution in [0.15, 0.2) is 34.5 Å². The zero-order chi connectivity index (χ0) is 22.9. The van der Waals surface area contributed by atoms with Crippen molar-refractivity contribution in [2.75, 3.05) is 56.5 Å². The number of amides is 1. The maximum atomic E-state index is 13.2. The number of likely N-dealkylation sites (N-methyl/N-ethyl adjacent to an activating group) is 1. The van der Waals surface area contributed by atoms with E-state index in [1.54, 1.807) is 12.1 Å². The lowest BCUT2D eigenvalue weighted by Gasteiger charge is -2.35. The van der Waals surface area contributed by atoms with Crippen molar-refractivity contribution in [2.45, 2.75) is 24.0 Å². The van der Waals surface area contributed by atoms with E-state index in [1.807, 2.05) is 25.1 Å². The number of carbonyl (C=O) groups excluding carboxylic acids is 1. The third-order valence-corrected chi connectivity index (χ3v) is 9.69. The summed E-state index contributed by atoms with van der Waals surface area (Å²) < 4.78 is 27.9. The van der Waals surface area contributed by atoms with Gasteiger partial charge >= 0.3 is 0 Å². The second-order valence-corrected chi connectivity index (χ2v) is 12.4. The number of rotatable bonds is 5. The molecule has 3 heterocycles. The normalized spacial score (nSPS) is 21.0. The summed E-state index contributed by atoms with van der Waals surface area (Å²) in [4.78, 5) is 18.7. The minimum Gasteiger partial charge on any atom is -0.367 e. The van der Waals surface area contributed by atoms with Gasteiger partial charge in [-0.1, -0.05) is 11.6 Å². The van der Waals surface area contributed by atoms with Crippen molar-refractivity contribution in [1.29, 1.82) is 0 Å². The van der Waals surface area contributed by atoms with Crippen LogP contribution in [-0.2, 0) is 14.8 Å². The van der Waals surface area contributed by atoms with Gasteiger partial charge in [0.2, 0.25) is 5.91 Å². The smallest absolute Gasteiger partial charge is 0.252 e. The van der Waals surface area contributed by atoms with Gasteiger partial charge in [-0.25, -0.2) is 8.42 Å². The summed E-state index contributed by atoms with van der Waals surface area (Å²) in [5, 5.41) is 3.60. The summed E-state index contributed by atoms with van der Waals surface area (Å²) >= 11 is 7.50. The number of nitrogens with zero attached hydrogens (tertiary/aromatic N) is 3. The van der Waals surface area contributed by atoms with Gasteiger partial charge in [0.05, 0.1) is 17.3 Å². The summed E-state index contributed by atoms with van der Waals surface area (Å²) in [7, 11) is -1.48. The van der Waals surface area contributed by atoms with Crippen LogP contribution in [0.3, 0.4) is 0 Å². The molecule has 174 valence electrons. The highest BCUT2D eigenvalue weighted by Crippen LogP contribution is 2.32. The van der Waals surface area contributed by atoms with E-state index >= 15 is 0 Å². The van der Waals surface area contributed by atoms with Gasteiger partial charge in [-0.3, -0.25) is 4.79 Å². The number of thiophene rings is 1. The van der Waals surface area contributed by atoms with Crippen molar-refractivity contribution in [3.05, 3.63) is 40.2 Å². The Kier molecular flexibility index (Phi) is 7.11. The first-order valence-corrected chi connectivity index (χ1v) is 13.5. The summed E-state index contributed by atoms with van der Waals surface area (Å²) in [5.41, 5.74) is 1.63. The minimum atomic E-state index is -3.58. The number of hydrogen-bond acceptors (Lipinski definition) is 6. The van der Waals surface area contributed by atoms with E-state index in [2.05, 4.69) is 22.2 Å². The van der Waals surface area contributed by atoms with Crippen molar-refractivity contribution in [3.63, 3.8) is 0 Å². The number of benzene rings is 1. The van der Waals surface area contributed by atoms with Crippen LogP contribution in [0.4, 0.5) is 11.4 Å². The molecule has 2 aliphatic heterocycles. The molecule has 0 aliphatic carbocycles. The Morgan fingerprint density at radius 2 is 1.88 bits per heavy atom. The average molecular weight is 497 g/mol. The molecule has 4 rings (SSSR count). The van der Waals surface area contributed by atoms with E-state index in [4.69, 9.17) is 11.6 Å². The fraction of sp³-hybridized carbons (Fsp3) is 0.500. The first-order chi connectivity index (χ1) is 15.2. The molecule has 0 radical (unpaired) electrons. The molecule has 1 unspecified atom stereocenters. The topological polar surface area (TPSA) is 73.0 Å². The highest BCUT2D eigenvalue weighted by molar-refractivity contribution is 7.91. The number of nitrogens with one attached hydrogen (secondary N) is 1. The molecule has 1 aromatic heterocycles. The van der Waals surface area contributed by atoms with Crippen LogP contribution >= 0.6 is 22.9 Å². The lowest BCUT2D eigenvalue weighted by atomic mass is 9.98. The minimum absolute atomic E-state index is 0.162. The molecule has 7 nitrogen and oxygen atoms in total.